The number of carboxylic acid groups (broad SMARTS) is 1. The molecule has 2 atom stereocenters. The summed E-state index contributed by atoms with van der Waals surface area (Å²) in [5, 5.41) is 12.6. The normalized spacial score (nSPS) is 26.3. The molecule has 1 aromatic carbocycles. The van der Waals surface area contributed by atoms with E-state index in [0.29, 0.717) is 5.02 Å². The highest BCUT2D eigenvalue weighted by molar-refractivity contribution is 6.30. The Kier molecular flexibility index (Phi) is 3.63. The van der Waals surface area contributed by atoms with Crippen LogP contribution in [0.5, 0.6) is 0 Å². The van der Waals surface area contributed by atoms with Crippen LogP contribution >= 0.6 is 11.6 Å². The van der Waals surface area contributed by atoms with Crippen molar-refractivity contribution in [3.63, 3.8) is 0 Å². The third-order valence-corrected chi connectivity index (χ3v) is 4.55. The summed E-state index contributed by atoms with van der Waals surface area (Å²) >= 11 is 5.87. The van der Waals surface area contributed by atoms with Gasteiger partial charge in [-0.05, 0) is 30.5 Å². The number of amides is 1. The predicted octanol–water partition coefficient (Wildman–Crippen LogP) is 1.59. The van der Waals surface area contributed by atoms with Gasteiger partial charge in [0.2, 0.25) is 5.91 Å². The lowest BCUT2D eigenvalue weighted by Gasteiger charge is -2.21. The van der Waals surface area contributed by atoms with E-state index in [-0.39, 0.29) is 19.1 Å². The van der Waals surface area contributed by atoms with Crippen molar-refractivity contribution in [2.75, 3.05) is 13.2 Å². The lowest BCUT2D eigenvalue weighted by molar-refractivity contribution is -0.142. The minimum Gasteiger partial charge on any atom is -0.481 e. The molecule has 1 aromatic rings. The molecule has 112 valence electrons. The number of hydrogen-bond acceptors (Lipinski definition) is 3. The molecule has 1 heterocycles. The van der Waals surface area contributed by atoms with Crippen LogP contribution in [0.4, 0.5) is 0 Å². The van der Waals surface area contributed by atoms with Crippen molar-refractivity contribution in [3.05, 3.63) is 34.9 Å². The first-order chi connectivity index (χ1) is 10.0. The number of hydrogen-bond donors (Lipinski definition) is 2. The molecule has 6 heteroatoms. The predicted molar refractivity (Wildman–Crippen MR) is 76.2 cm³/mol. The van der Waals surface area contributed by atoms with E-state index in [9.17, 15) is 9.59 Å². The van der Waals surface area contributed by atoms with Gasteiger partial charge in [-0.15, -0.1) is 0 Å². The van der Waals surface area contributed by atoms with Gasteiger partial charge in [0.25, 0.3) is 0 Å². The topological polar surface area (TPSA) is 75.6 Å². The molecule has 1 amide bonds. The van der Waals surface area contributed by atoms with Gasteiger partial charge in [-0.2, -0.15) is 0 Å². The number of nitrogens with one attached hydrogen (secondary N) is 1. The minimum absolute atomic E-state index is 0.119. The molecule has 5 nitrogen and oxygen atoms in total. The summed E-state index contributed by atoms with van der Waals surface area (Å²) in [6.45, 7) is 0.396. The monoisotopic (exact) mass is 309 g/mol. The number of rotatable bonds is 4. The maximum absolute atomic E-state index is 12.5. The fourth-order valence-corrected chi connectivity index (χ4v) is 2.91. The van der Waals surface area contributed by atoms with Gasteiger partial charge in [-0.25, -0.2) is 0 Å². The Balaban J connectivity index is 1.73. The number of carbonyl (C=O) groups excluding carboxylic acids is 1. The highest BCUT2D eigenvalue weighted by atomic mass is 35.5. The Morgan fingerprint density at radius 2 is 1.90 bits per heavy atom. The van der Waals surface area contributed by atoms with Gasteiger partial charge in [0.15, 0.2) is 0 Å². The van der Waals surface area contributed by atoms with Crippen molar-refractivity contribution in [1.82, 2.24) is 5.32 Å². The third kappa shape index (κ3) is 2.63. The molecule has 21 heavy (non-hydrogen) atoms. The standard InChI is InChI=1S/C15H16ClNO4/c16-10-3-1-9(2-4-10)15(5-6-15)14(20)17-12-8-21-7-11(12)13(18)19/h1-4,11-12H,5-8H2,(H,17,20)(H,18,19). The van der Waals surface area contributed by atoms with Gasteiger partial charge >= 0.3 is 5.97 Å². The van der Waals surface area contributed by atoms with Crippen LogP contribution in [0.15, 0.2) is 24.3 Å². The summed E-state index contributed by atoms with van der Waals surface area (Å²) in [6, 6.07) is 6.79. The van der Waals surface area contributed by atoms with E-state index >= 15 is 0 Å². The van der Waals surface area contributed by atoms with Crippen LogP contribution in [0.1, 0.15) is 18.4 Å². The fraction of sp³-hybridized carbons (Fsp3) is 0.467. The van der Waals surface area contributed by atoms with E-state index in [2.05, 4.69) is 5.32 Å². The Labute approximate surface area is 127 Å². The minimum atomic E-state index is -0.936. The Morgan fingerprint density at radius 1 is 1.24 bits per heavy atom. The first kappa shape index (κ1) is 14.4. The van der Waals surface area contributed by atoms with E-state index in [1.165, 1.54) is 0 Å². The largest absolute Gasteiger partial charge is 0.481 e. The van der Waals surface area contributed by atoms with Crippen LogP contribution in [0, 0.1) is 5.92 Å². The van der Waals surface area contributed by atoms with E-state index in [1.807, 2.05) is 12.1 Å². The summed E-state index contributed by atoms with van der Waals surface area (Å²) < 4.78 is 5.17. The van der Waals surface area contributed by atoms with Crippen molar-refractivity contribution in [1.29, 1.82) is 0 Å². The molecular weight excluding hydrogens is 294 g/mol. The van der Waals surface area contributed by atoms with Gasteiger partial charge in [0.05, 0.1) is 24.7 Å². The Morgan fingerprint density at radius 3 is 2.48 bits per heavy atom. The first-order valence-electron chi connectivity index (χ1n) is 6.90. The smallest absolute Gasteiger partial charge is 0.311 e. The number of benzene rings is 1. The molecule has 0 aromatic heterocycles. The molecule has 1 aliphatic carbocycles. The number of carboxylic acids is 1. The maximum Gasteiger partial charge on any atom is 0.311 e. The zero-order valence-electron chi connectivity index (χ0n) is 11.3. The molecule has 2 N–H and O–H groups in total. The Bertz CT molecular complexity index is 568. The molecule has 2 fully saturated rings. The summed E-state index contributed by atoms with van der Waals surface area (Å²) in [7, 11) is 0. The van der Waals surface area contributed by atoms with Crippen LogP contribution < -0.4 is 5.32 Å². The summed E-state index contributed by atoms with van der Waals surface area (Å²) in [6.07, 6.45) is 1.54. The van der Waals surface area contributed by atoms with Gasteiger partial charge in [-0.1, -0.05) is 23.7 Å². The second-order valence-electron chi connectivity index (χ2n) is 5.65. The van der Waals surface area contributed by atoms with Gasteiger partial charge in [0, 0.05) is 5.02 Å². The molecule has 1 aliphatic heterocycles. The maximum atomic E-state index is 12.5. The van der Waals surface area contributed by atoms with Crippen molar-refractivity contribution >= 4 is 23.5 Å². The molecular formula is C15H16ClNO4. The SMILES string of the molecule is O=C(O)C1COCC1NC(=O)C1(c2ccc(Cl)cc2)CC1. The van der Waals surface area contributed by atoms with Crippen LogP contribution in [0.3, 0.4) is 0 Å². The second kappa shape index (κ2) is 5.31. The molecule has 1 saturated carbocycles. The Hall–Kier alpha value is -1.59. The van der Waals surface area contributed by atoms with Crippen LogP contribution in [-0.2, 0) is 19.7 Å². The lowest BCUT2D eigenvalue weighted by atomic mass is 9.94. The van der Waals surface area contributed by atoms with E-state index in [1.54, 1.807) is 12.1 Å². The average Bonchev–Trinajstić information content (AvgIpc) is 3.13. The highest BCUT2D eigenvalue weighted by Gasteiger charge is 2.52. The first-order valence-corrected chi connectivity index (χ1v) is 7.28. The quantitative estimate of drug-likeness (QED) is 0.885. The third-order valence-electron chi connectivity index (χ3n) is 4.30. The molecule has 2 unspecified atom stereocenters. The molecule has 0 spiro atoms. The van der Waals surface area contributed by atoms with E-state index < -0.39 is 23.3 Å². The number of halogens is 1. The van der Waals surface area contributed by atoms with E-state index in [4.69, 9.17) is 21.4 Å². The molecule has 3 rings (SSSR count). The summed E-state index contributed by atoms with van der Waals surface area (Å²) in [5.74, 6) is -1.73. The van der Waals surface area contributed by atoms with Crippen LogP contribution in [0.2, 0.25) is 5.02 Å². The lowest BCUT2D eigenvalue weighted by Crippen LogP contribution is -2.46. The van der Waals surface area contributed by atoms with Crippen LogP contribution in [0.25, 0.3) is 0 Å². The van der Waals surface area contributed by atoms with Gasteiger partial charge in [-0.3, -0.25) is 9.59 Å². The second-order valence-corrected chi connectivity index (χ2v) is 6.09. The van der Waals surface area contributed by atoms with Crippen molar-refractivity contribution in [2.45, 2.75) is 24.3 Å². The zero-order valence-corrected chi connectivity index (χ0v) is 12.1. The van der Waals surface area contributed by atoms with Crippen molar-refractivity contribution < 1.29 is 19.4 Å². The van der Waals surface area contributed by atoms with Crippen LogP contribution in [-0.4, -0.2) is 36.2 Å². The van der Waals surface area contributed by atoms with Gasteiger partial charge in [0.1, 0.15) is 5.92 Å². The highest BCUT2D eigenvalue weighted by Crippen LogP contribution is 2.48. The van der Waals surface area contributed by atoms with E-state index in [0.717, 1.165) is 18.4 Å². The molecule has 0 bridgehead atoms. The van der Waals surface area contributed by atoms with Crippen molar-refractivity contribution in [2.24, 2.45) is 5.92 Å². The summed E-state index contributed by atoms with van der Waals surface area (Å²) in [4.78, 5) is 23.7. The molecule has 0 radical (unpaired) electrons. The number of carbonyl (C=O) groups is 2. The van der Waals surface area contributed by atoms with Gasteiger partial charge < -0.3 is 15.2 Å². The number of aliphatic carboxylic acids is 1. The average molecular weight is 310 g/mol. The summed E-state index contributed by atoms with van der Waals surface area (Å²) in [5.41, 5.74) is 0.395. The fourth-order valence-electron chi connectivity index (χ4n) is 2.79. The molecule has 2 aliphatic rings. The van der Waals surface area contributed by atoms with Crippen molar-refractivity contribution in [3.8, 4) is 0 Å². The number of ether oxygens (including phenoxy) is 1. The molecule has 1 saturated heterocycles. The zero-order chi connectivity index (χ0) is 15.0.